The van der Waals surface area contributed by atoms with Crippen LogP contribution in [0.4, 0.5) is 5.82 Å². The minimum atomic E-state index is 0.0116. The van der Waals surface area contributed by atoms with Crippen LogP contribution in [0.15, 0.2) is 24.4 Å². The predicted octanol–water partition coefficient (Wildman–Crippen LogP) is 1.14. The van der Waals surface area contributed by atoms with Crippen molar-refractivity contribution in [3.63, 3.8) is 0 Å². The van der Waals surface area contributed by atoms with Crippen LogP contribution in [0, 0.1) is 0 Å². The van der Waals surface area contributed by atoms with Crippen molar-refractivity contribution in [3.05, 3.63) is 24.4 Å². The summed E-state index contributed by atoms with van der Waals surface area (Å²) in [4.78, 5) is 16.0. The molecule has 1 aromatic heterocycles. The van der Waals surface area contributed by atoms with Crippen molar-refractivity contribution in [2.75, 3.05) is 25.0 Å². The molecule has 0 saturated carbocycles. The zero-order chi connectivity index (χ0) is 13.3. The number of rotatable bonds is 6. The quantitative estimate of drug-likeness (QED) is 0.673. The van der Waals surface area contributed by atoms with E-state index >= 15 is 0 Å². The van der Waals surface area contributed by atoms with Crippen LogP contribution in [0.5, 0.6) is 0 Å². The molecule has 0 spiro atoms. The van der Waals surface area contributed by atoms with Crippen LogP contribution in [0.3, 0.4) is 0 Å². The van der Waals surface area contributed by atoms with Crippen molar-refractivity contribution >= 4 is 11.7 Å². The second kappa shape index (κ2) is 7.74. The van der Waals surface area contributed by atoms with Gasteiger partial charge in [0.2, 0.25) is 5.91 Å². The highest BCUT2D eigenvalue weighted by Crippen LogP contribution is 2.06. The molecule has 1 amide bonds. The summed E-state index contributed by atoms with van der Waals surface area (Å²) < 4.78 is 0. The van der Waals surface area contributed by atoms with Gasteiger partial charge in [0.15, 0.2) is 0 Å². The van der Waals surface area contributed by atoms with E-state index in [1.165, 1.54) is 6.42 Å². The molecule has 2 rings (SSSR count). The Labute approximate surface area is 114 Å². The molecule has 1 aliphatic heterocycles. The number of aromatic nitrogens is 1. The Hall–Kier alpha value is -1.62. The molecule has 0 bridgehead atoms. The average molecular weight is 262 g/mol. The van der Waals surface area contributed by atoms with Crippen LogP contribution in [0.1, 0.15) is 25.7 Å². The van der Waals surface area contributed by atoms with Gasteiger partial charge in [-0.2, -0.15) is 0 Å². The molecule has 1 aliphatic rings. The van der Waals surface area contributed by atoms with Crippen LogP contribution in [0.25, 0.3) is 0 Å². The average Bonchev–Trinajstić information content (AvgIpc) is 2.49. The molecule has 5 nitrogen and oxygen atoms in total. The van der Waals surface area contributed by atoms with Gasteiger partial charge >= 0.3 is 0 Å². The van der Waals surface area contributed by atoms with Gasteiger partial charge in [0.25, 0.3) is 0 Å². The summed E-state index contributed by atoms with van der Waals surface area (Å²) in [5, 5.41) is 9.44. The Morgan fingerprint density at radius 2 is 2.32 bits per heavy atom. The summed E-state index contributed by atoms with van der Waals surface area (Å²) in [5.41, 5.74) is 0. The number of anilines is 1. The second-order valence-electron chi connectivity index (χ2n) is 4.79. The van der Waals surface area contributed by atoms with Gasteiger partial charge in [-0.1, -0.05) is 12.5 Å². The first kappa shape index (κ1) is 13.8. The SMILES string of the molecule is O=C(NCCCNc1ccccn1)[C@H]1CCCCN1. The molecule has 3 N–H and O–H groups in total. The summed E-state index contributed by atoms with van der Waals surface area (Å²) in [5.74, 6) is 1.01. The van der Waals surface area contributed by atoms with Crippen LogP contribution >= 0.6 is 0 Å². The van der Waals surface area contributed by atoms with Crippen molar-refractivity contribution in [3.8, 4) is 0 Å². The molecule has 2 heterocycles. The van der Waals surface area contributed by atoms with Crippen molar-refractivity contribution in [1.82, 2.24) is 15.6 Å². The summed E-state index contributed by atoms with van der Waals surface area (Å²) >= 11 is 0. The van der Waals surface area contributed by atoms with Crippen LogP contribution in [0.2, 0.25) is 0 Å². The minimum Gasteiger partial charge on any atom is -0.370 e. The molecule has 1 saturated heterocycles. The fourth-order valence-corrected chi connectivity index (χ4v) is 2.18. The van der Waals surface area contributed by atoms with Crippen LogP contribution < -0.4 is 16.0 Å². The molecular weight excluding hydrogens is 240 g/mol. The molecule has 1 aromatic rings. The predicted molar refractivity (Wildman–Crippen MR) is 76.0 cm³/mol. The Kier molecular flexibility index (Phi) is 5.62. The van der Waals surface area contributed by atoms with Crippen molar-refractivity contribution in [1.29, 1.82) is 0 Å². The van der Waals surface area contributed by atoms with Crippen molar-refractivity contribution in [2.24, 2.45) is 0 Å². The number of nitrogens with one attached hydrogen (secondary N) is 3. The van der Waals surface area contributed by atoms with Gasteiger partial charge in [-0.3, -0.25) is 4.79 Å². The molecule has 104 valence electrons. The topological polar surface area (TPSA) is 66.0 Å². The normalized spacial score (nSPS) is 18.8. The third-order valence-corrected chi connectivity index (χ3v) is 3.25. The lowest BCUT2D eigenvalue weighted by Crippen LogP contribution is -2.46. The molecule has 1 atom stereocenters. The standard InChI is InChI=1S/C14H22N4O/c19-14(12-6-1-3-8-15-12)18-11-5-10-17-13-7-2-4-9-16-13/h2,4,7,9,12,15H,1,3,5-6,8,10-11H2,(H,16,17)(H,18,19)/t12-/m1/s1. The van der Waals surface area contributed by atoms with Crippen molar-refractivity contribution < 1.29 is 4.79 Å². The molecule has 1 fully saturated rings. The van der Waals surface area contributed by atoms with Crippen LogP contribution in [-0.4, -0.2) is 36.6 Å². The van der Waals surface area contributed by atoms with E-state index in [-0.39, 0.29) is 11.9 Å². The van der Waals surface area contributed by atoms with Gasteiger partial charge in [0.1, 0.15) is 5.82 Å². The highest BCUT2D eigenvalue weighted by molar-refractivity contribution is 5.81. The number of nitrogens with zero attached hydrogens (tertiary/aromatic N) is 1. The molecule has 0 aromatic carbocycles. The molecule has 0 aliphatic carbocycles. The largest absolute Gasteiger partial charge is 0.370 e. The lowest BCUT2D eigenvalue weighted by Gasteiger charge is -2.22. The number of hydrogen-bond donors (Lipinski definition) is 3. The minimum absolute atomic E-state index is 0.0116. The summed E-state index contributed by atoms with van der Waals surface area (Å²) in [6.07, 6.45) is 5.94. The Balaban J connectivity index is 1.55. The highest BCUT2D eigenvalue weighted by Gasteiger charge is 2.19. The number of amides is 1. The molecule has 19 heavy (non-hydrogen) atoms. The van der Waals surface area contributed by atoms with E-state index in [0.717, 1.165) is 38.2 Å². The highest BCUT2D eigenvalue weighted by atomic mass is 16.2. The summed E-state index contributed by atoms with van der Waals surface area (Å²) in [6.45, 7) is 2.48. The van der Waals surface area contributed by atoms with E-state index in [9.17, 15) is 4.79 Å². The Bertz CT molecular complexity index is 376. The maximum Gasteiger partial charge on any atom is 0.237 e. The van der Waals surface area contributed by atoms with E-state index < -0.39 is 0 Å². The smallest absolute Gasteiger partial charge is 0.237 e. The number of hydrogen-bond acceptors (Lipinski definition) is 4. The second-order valence-corrected chi connectivity index (χ2v) is 4.79. The first-order valence-electron chi connectivity index (χ1n) is 7.02. The lowest BCUT2D eigenvalue weighted by atomic mass is 10.0. The van der Waals surface area contributed by atoms with Gasteiger partial charge in [0, 0.05) is 19.3 Å². The maximum atomic E-state index is 11.8. The van der Waals surface area contributed by atoms with Crippen LogP contribution in [-0.2, 0) is 4.79 Å². The fourth-order valence-electron chi connectivity index (χ4n) is 2.18. The third kappa shape index (κ3) is 4.87. The molecular formula is C14H22N4O. The van der Waals surface area contributed by atoms with Gasteiger partial charge < -0.3 is 16.0 Å². The van der Waals surface area contributed by atoms with E-state index in [4.69, 9.17) is 0 Å². The zero-order valence-electron chi connectivity index (χ0n) is 11.2. The number of carbonyl (C=O) groups is 1. The fraction of sp³-hybridized carbons (Fsp3) is 0.571. The summed E-state index contributed by atoms with van der Waals surface area (Å²) in [7, 11) is 0. The Morgan fingerprint density at radius 1 is 1.37 bits per heavy atom. The number of carbonyl (C=O) groups excluding carboxylic acids is 1. The van der Waals surface area contributed by atoms with E-state index in [1.54, 1.807) is 6.20 Å². The number of pyridine rings is 1. The third-order valence-electron chi connectivity index (χ3n) is 3.25. The van der Waals surface area contributed by atoms with Gasteiger partial charge in [-0.25, -0.2) is 4.98 Å². The monoisotopic (exact) mass is 262 g/mol. The Morgan fingerprint density at radius 3 is 3.05 bits per heavy atom. The zero-order valence-corrected chi connectivity index (χ0v) is 11.2. The number of piperidine rings is 1. The molecule has 0 unspecified atom stereocenters. The summed E-state index contributed by atoms with van der Waals surface area (Å²) in [6, 6.07) is 5.79. The van der Waals surface area contributed by atoms with Crippen molar-refractivity contribution in [2.45, 2.75) is 31.7 Å². The van der Waals surface area contributed by atoms with E-state index in [1.807, 2.05) is 18.2 Å². The molecule has 5 heteroatoms. The lowest BCUT2D eigenvalue weighted by molar-refractivity contribution is -0.123. The van der Waals surface area contributed by atoms with Gasteiger partial charge in [-0.05, 0) is 37.9 Å². The van der Waals surface area contributed by atoms with E-state index in [2.05, 4.69) is 20.9 Å². The van der Waals surface area contributed by atoms with Gasteiger partial charge in [0.05, 0.1) is 6.04 Å². The van der Waals surface area contributed by atoms with Gasteiger partial charge in [-0.15, -0.1) is 0 Å². The first-order valence-corrected chi connectivity index (χ1v) is 7.02. The maximum absolute atomic E-state index is 11.8. The molecule has 0 radical (unpaired) electrons. The first-order chi connectivity index (χ1) is 9.36. The van der Waals surface area contributed by atoms with E-state index in [0.29, 0.717) is 6.54 Å².